The minimum atomic E-state index is -0.00229. The van der Waals surface area contributed by atoms with Crippen molar-refractivity contribution in [2.45, 2.75) is 6.04 Å². The second kappa shape index (κ2) is 9.65. The van der Waals surface area contributed by atoms with Gasteiger partial charge in [-0.25, -0.2) is 0 Å². The summed E-state index contributed by atoms with van der Waals surface area (Å²) in [6.07, 6.45) is 0. The summed E-state index contributed by atoms with van der Waals surface area (Å²) in [5.41, 5.74) is 2.19. The van der Waals surface area contributed by atoms with E-state index in [2.05, 4.69) is 22.3 Å². The highest BCUT2D eigenvalue weighted by atomic mass is 16.5. The number of methoxy groups -OCH3 is 2. The molecule has 1 saturated heterocycles. The summed E-state index contributed by atoms with van der Waals surface area (Å²) in [7, 11) is 3.42. The lowest BCUT2D eigenvalue weighted by atomic mass is 9.94. The van der Waals surface area contributed by atoms with Gasteiger partial charge in [-0.2, -0.15) is 0 Å². The largest absolute Gasteiger partial charge is 0.496 e. The average molecular weight is 405 g/mol. The molecule has 0 radical (unpaired) electrons. The highest BCUT2D eigenvalue weighted by molar-refractivity contribution is 5.51. The minimum Gasteiger partial charge on any atom is -0.496 e. The van der Waals surface area contributed by atoms with Crippen LogP contribution in [-0.2, 0) is 0 Å². The second-order valence-electron chi connectivity index (χ2n) is 7.25. The van der Waals surface area contributed by atoms with Crippen LogP contribution in [0.5, 0.6) is 23.0 Å². The van der Waals surface area contributed by atoms with E-state index in [1.165, 1.54) is 0 Å². The van der Waals surface area contributed by atoms with Crippen molar-refractivity contribution in [2.24, 2.45) is 0 Å². The lowest BCUT2D eigenvalue weighted by Crippen LogP contribution is -2.45. The molecule has 0 spiro atoms. The topological polar surface area (TPSA) is 43.0 Å². The number of ether oxygens (including phenoxy) is 3. The SMILES string of the molecule is COc1cccc(OC)c1C(c1cccc(Oc2ccccc2)c1)N1CCNCC1. The predicted octanol–water partition coefficient (Wildman–Crippen LogP) is 4.49. The van der Waals surface area contributed by atoms with Crippen molar-refractivity contribution in [3.05, 3.63) is 83.9 Å². The van der Waals surface area contributed by atoms with Crippen LogP contribution in [0.2, 0.25) is 0 Å². The molecule has 0 saturated carbocycles. The van der Waals surface area contributed by atoms with E-state index in [-0.39, 0.29) is 6.04 Å². The van der Waals surface area contributed by atoms with Gasteiger partial charge >= 0.3 is 0 Å². The van der Waals surface area contributed by atoms with Crippen LogP contribution in [0.4, 0.5) is 0 Å². The first-order chi connectivity index (χ1) is 14.8. The second-order valence-corrected chi connectivity index (χ2v) is 7.25. The van der Waals surface area contributed by atoms with Gasteiger partial charge in [-0.1, -0.05) is 36.4 Å². The number of nitrogens with zero attached hydrogens (tertiary/aromatic N) is 1. The molecule has 5 heteroatoms. The van der Waals surface area contributed by atoms with Crippen LogP contribution in [0.1, 0.15) is 17.2 Å². The number of hydrogen-bond acceptors (Lipinski definition) is 5. The van der Waals surface area contributed by atoms with E-state index in [0.29, 0.717) is 0 Å². The van der Waals surface area contributed by atoms with E-state index < -0.39 is 0 Å². The number of piperazine rings is 1. The Morgan fingerprint density at radius 2 is 1.40 bits per heavy atom. The Morgan fingerprint density at radius 1 is 0.767 bits per heavy atom. The molecule has 0 amide bonds. The summed E-state index contributed by atoms with van der Waals surface area (Å²) in [5.74, 6) is 3.29. The summed E-state index contributed by atoms with van der Waals surface area (Å²) in [6.45, 7) is 3.79. The number of hydrogen-bond donors (Lipinski definition) is 1. The zero-order valence-corrected chi connectivity index (χ0v) is 17.5. The first-order valence-electron chi connectivity index (χ1n) is 10.3. The van der Waals surface area contributed by atoms with Gasteiger partial charge in [0.15, 0.2) is 0 Å². The van der Waals surface area contributed by atoms with E-state index in [9.17, 15) is 0 Å². The molecule has 3 aromatic carbocycles. The smallest absolute Gasteiger partial charge is 0.127 e. The number of para-hydroxylation sites is 1. The number of benzene rings is 3. The van der Waals surface area contributed by atoms with Crippen LogP contribution in [0.3, 0.4) is 0 Å². The van der Waals surface area contributed by atoms with Crippen LogP contribution >= 0.6 is 0 Å². The van der Waals surface area contributed by atoms with Gasteiger partial charge in [0.25, 0.3) is 0 Å². The van der Waals surface area contributed by atoms with Crippen molar-refractivity contribution >= 4 is 0 Å². The highest BCUT2D eigenvalue weighted by Gasteiger charge is 2.29. The van der Waals surface area contributed by atoms with Crippen molar-refractivity contribution in [3.8, 4) is 23.0 Å². The molecule has 1 atom stereocenters. The van der Waals surface area contributed by atoms with Gasteiger partial charge in [-0.05, 0) is 42.0 Å². The summed E-state index contributed by atoms with van der Waals surface area (Å²) in [6, 6.07) is 24.1. The molecule has 0 bridgehead atoms. The molecule has 1 N–H and O–H groups in total. The van der Waals surface area contributed by atoms with Crippen molar-refractivity contribution in [2.75, 3.05) is 40.4 Å². The summed E-state index contributed by atoms with van der Waals surface area (Å²) in [5, 5.41) is 3.44. The van der Waals surface area contributed by atoms with Crippen LogP contribution in [-0.4, -0.2) is 45.3 Å². The maximum Gasteiger partial charge on any atom is 0.127 e. The zero-order chi connectivity index (χ0) is 20.8. The van der Waals surface area contributed by atoms with E-state index in [4.69, 9.17) is 14.2 Å². The quantitative estimate of drug-likeness (QED) is 0.628. The molecule has 1 unspecified atom stereocenters. The molecular formula is C25H28N2O3. The Labute approximate surface area is 178 Å². The first kappa shape index (κ1) is 20.3. The monoisotopic (exact) mass is 404 g/mol. The summed E-state index contributed by atoms with van der Waals surface area (Å²) >= 11 is 0. The van der Waals surface area contributed by atoms with Crippen LogP contribution in [0, 0.1) is 0 Å². The Bertz CT molecular complexity index is 933. The Morgan fingerprint density at radius 3 is 2.07 bits per heavy atom. The van der Waals surface area contributed by atoms with E-state index >= 15 is 0 Å². The maximum absolute atomic E-state index is 6.11. The average Bonchev–Trinajstić information content (AvgIpc) is 2.81. The fourth-order valence-electron chi connectivity index (χ4n) is 4.02. The van der Waals surface area contributed by atoms with E-state index in [1.807, 2.05) is 60.7 Å². The van der Waals surface area contributed by atoms with E-state index in [1.54, 1.807) is 14.2 Å². The Balaban J connectivity index is 1.77. The molecule has 1 fully saturated rings. The molecular weight excluding hydrogens is 376 g/mol. The Kier molecular flexibility index (Phi) is 6.52. The third kappa shape index (κ3) is 4.42. The van der Waals surface area contributed by atoms with Crippen molar-refractivity contribution < 1.29 is 14.2 Å². The fraction of sp³-hybridized carbons (Fsp3) is 0.280. The molecule has 0 aromatic heterocycles. The zero-order valence-electron chi connectivity index (χ0n) is 17.5. The standard InChI is InChI=1S/C25H28N2O3/c1-28-22-12-7-13-23(29-2)24(22)25(27-16-14-26-15-17-27)19-8-6-11-21(18-19)30-20-9-4-3-5-10-20/h3-13,18,25-26H,14-17H2,1-2H3. The third-order valence-corrected chi connectivity index (χ3v) is 5.41. The number of nitrogens with one attached hydrogen (secondary N) is 1. The molecule has 1 heterocycles. The van der Waals surface area contributed by atoms with Gasteiger partial charge < -0.3 is 19.5 Å². The fourth-order valence-corrected chi connectivity index (χ4v) is 4.02. The molecule has 3 aromatic rings. The van der Waals surface area contributed by atoms with Crippen molar-refractivity contribution in [3.63, 3.8) is 0 Å². The normalized spacial score (nSPS) is 15.4. The van der Waals surface area contributed by atoms with Crippen molar-refractivity contribution in [1.29, 1.82) is 0 Å². The first-order valence-corrected chi connectivity index (χ1v) is 10.3. The molecule has 5 nitrogen and oxygen atoms in total. The van der Waals surface area contributed by atoms with Crippen LogP contribution in [0.25, 0.3) is 0 Å². The van der Waals surface area contributed by atoms with Gasteiger partial charge in [0.05, 0.1) is 25.8 Å². The Hall–Kier alpha value is -3.02. The molecule has 4 rings (SSSR count). The van der Waals surface area contributed by atoms with Gasteiger partial charge in [0.2, 0.25) is 0 Å². The third-order valence-electron chi connectivity index (χ3n) is 5.41. The molecule has 1 aliphatic rings. The van der Waals surface area contributed by atoms with Gasteiger partial charge in [-0.3, -0.25) is 4.90 Å². The predicted molar refractivity (Wildman–Crippen MR) is 119 cm³/mol. The van der Waals surface area contributed by atoms with Crippen LogP contribution < -0.4 is 19.5 Å². The van der Waals surface area contributed by atoms with E-state index in [0.717, 1.165) is 60.3 Å². The highest BCUT2D eigenvalue weighted by Crippen LogP contribution is 2.41. The van der Waals surface area contributed by atoms with Gasteiger partial charge in [0.1, 0.15) is 23.0 Å². The molecule has 0 aliphatic carbocycles. The number of rotatable bonds is 7. The summed E-state index contributed by atoms with van der Waals surface area (Å²) in [4.78, 5) is 2.47. The molecule has 156 valence electrons. The molecule has 30 heavy (non-hydrogen) atoms. The van der Waals surface area contributed by atoms with Gasteiger partial charge in [-0.15, -0.1) is 0 Å². The minimum absolute atomic E-state index is 0.00229. The van der Waals surface area contributed by atoms with Gasteiger partial charge in [0, 0.05) is 26.2 Å². The lowest BCUT2D eigenvalue weighted by Gasteiger charge is -2.36. The molecule has 1 aliphatic heterocycles. The van der Waals surface area contributed by atoms with Crippen molar-refractivity contribution in [1.82, 2.24) is 10.2 Å². The maximum atomic E-state index is 6.11. The lowest BCUT2D eigenvalue weighted by molar-refractivity contribution is 0.192. The summed E-state index contributed by atoms with van der Waals surface area (Å²) < 4.78 is 17.6. The van der Waals surface area contributed by atoms with Crippen LogP contribution in [0.15, 0.2) is 72.8 Å².